The monoisotopic (exact) mass is 466 g/mol. The van der Waals surface area contributed by atoms with Crippen LogP contribution in [0.4, 0.5) is 0 Å². The van der Waals surface area contributed by atoms with Gasteiger partial charge in [-0.3, -0.25) is 0 Å². The number of hydrogen-bond donors (Lipinski definition) is 2. The highest BCUT2D eigenvalue weighted by molar-refractivity contribution is 9.10. The molecule has 0 atom stereocenters. The lowest BCUT2D eigenvalue weighted by Crippen LogP contribution is -1.90. The summed E-state index contributed by atoms with van der Waals surface area (Å²) >= 11 is 7.00. The molecule has 0 unspecified atom stereocenters. The molecule has 0 amide bonds. The Morgan fingerprint density at radius 1 is 0.577 bits per heavy atom. The predicted molar refractivity (Wildman–Crippen MR) is 112 cm³/mol. The number of fused-ring (bicyclic) bond motifs is 2. The number of aromatic nitrogens is 4. The van der Waals surface area contributed by atoms with Crippen LogP contribution in [0.5, 0.6) is 0 Å². The molecule has 2 aromatic carbocycles. The van der Waals surface area contributed by atoms with Gasteiger partial charge in [0, 0.05) is 30.8 Å². The Morgan fingerprint density at radius 2 is 1.04 bits per heavy atom. The summed E-state index contributed by atoms with van der Waals surface area (Å²) in [6.45, 7) is 0. The lowest BCUT2D eigenvalue weighted by atomic mass is 10.2. The van der Waals surface area contributed by atoms with Gasteiger partial charge >= 0.3 is 0 Å². The zero-order valence-electron chi connectivity index (χ0n) is 13.4. The summed E-state index contributed by atoms with van der Waals surface area (Å²) in [5, 5.41) is 11.1. The molecule has 0 saturated heterocycles. The molecular formula is C20H12Br2N4. The van der Waals surface area contributed by atoms with Gasteiger partial charge in [-0.2, -0.15) is 0 Å². The zero-order valence-corrected chi connectivity index (χ0v) is 16.6. The van der Waals surface area contributed by atoms with Crippen LogP contribution in [-0.2, 0) is 0 Å². The lowest BCUT2D eigenvalue weighted by molar-refractivity contribution is 1.03. The minimum Gasteiger partial charge on any atom is -0.353 e. The summed E-state index contributed by atoms with van der Waals surface area (Å²) in [6.07, 6.45) is 0. The maximum absolute atomic E-state index is 4.41. The quantitative estimate of drug-likeness (QED) is 0.320. The molecule has 0 fully saturated rings. The van der Waals surface area contributed by atoms with Crippen LogP contribution in [0.25, 0.3) is 44.6 Å². The molecule has 5 aromatic rings. The molecule has 0 saturated carbocycles. The molecule has 6 heteroatoms. The number of nitrogens with one attached hydrogen (secondary N) is 2. The van der Waals surface area contributed by atoms with Gasteiger partial charge < -0.3 is 9.97 Å². The van der Waals surface area contributed by atoms with E-state index in [1.807, 2.05) is 24.3 Å². The number of hydrogen-bond acceptors (Lipinski definition) is 2. The van der Waals surface area contributed by atoms with Crippen molar-refractivity contribution in [2.75, 3.05) is 0 Å². The van der Waals surface area contributed by atoms with E-state index < -0.39 is 0 Å². The number of halogens is 2. The summed E-state index contributed by atoms with van der Waals surface area (Å²) in [4.78, 5) is 6.79. The highest BCUT2D eigenvalue weighted by Gasteiger charge is 2.09. The maximum Gasteiger partial charge on any atom is 0.109 e. The molecule has 26 heavy (non-hydrogen) atoms. The Labute approximate surface area is 165 Å². The first-order valence-corrected chi connectivity index (χ1v) is 9.65. The van der Waals surface area contributed by atoms with E-state index in [0.717, 1.165) is 53.5 Å². The van der Waals surface area contributed by atoms with Crippen LogP contribution >= 0.6 is 31.9 Å². The highest BCUT2D eigenvalue weighted by Crippen LogP contribution is 2.28. The number of benzene rings is 2. The summed E-state index contributed by atoms with van der Waals surface area (Å²) in [5.74, 6) is 0. The Bertz CT molecular complexity index is 1150. The van der Waals surface area contributed by atoms with Crippen molar-refractivity contribution < 1.29 is 0 Å². The van der Waals surface area contributed by atoms with E-state index in [-0.39, 0.29) is 0 Å². The van der Waals surface area contributed by atoms with Crippen LogP contribution in [0.3, 0.4) is 0 Å². The third-order valence-corrected chi connectivity index (χ3v) is 5.37. The van der Waals surface area contributed by atoms with Crippen molar-refractivity contribution in [3.8, 4) is 22.8 Å². The Kier molecular flexibility index (Phi) is 3.69. The fraction of sp³-hybridized carbons (Fsp3) is 0. The van der Waals surface area contributed by atoms with Gasteiger partial charge in [0.05, 0.1) is 11.4 Å². The first-order chi connectivity index (χ1) is 12.7. The first-order valence-electron chi connectivity index (χ1n) is 8.07. The minimum atomic E-state index is 0.819. The van der Waals surface area contributed by atoms with Crippen LogP contribution in [0.1, 0.15) is 0 Å². The van der Waals surface area contributed by atoms with Crippen molar-refractivity contribution in [2.45, 2.75) is 0 Å². The second-order valence-electron chi connectivity index (χ2n) is 6.13. The van der Waals surface area contributed by atoms with Gasteiger partial charge in [0.2, 0.25) is 0 Å². The molecule has 0 aliphatic rings. The molecule has 2 N–H and O–H groups in total. The molecule has 0 aliphatic carbocycles. The van der Waals surface area contributed by atoms with E-state index in [1.54, 1.807) is 0 Å². The van der Waals surface area contributed by atoms with Gasteiger partial charge in [0.15, 0.2) is 0 Å². The van der Waals surface area contributed by atoms with Gasteiger partial charge in [-0.15, -0.1) is 10.2 Å². The fourth-order valence-electron chi connectivity index (χ4n) is 3.09. The Balaban J connectivity index is 1.52. The van der Waals surface area contributed by atoms with Gasteiger partial charge in [0.1, 0.15) is 11.4 Å². The average molecular weight is 468 g/mol. The van der Waals surface area contributed by atoms with Crippen LogP contribution in [0.15, 0.2) is 69.6 Å². The van der Waals surface area contributed by atoms with Crippen molar-refractivity contribution >= 4 is 53.7 Å². The number of nitrogens with zero attached hydrogens (tertiary/aromatic N) is 2. The second-order valence-corrected chi connectivity index (χ2v) is 7.96. The molecule has 126 valence electrons. The largest absolute Gasteiger partial charge is 0.353 e. The van der Waals surface area contributed by atoms with E-state index in [9.17, 15) is 0 Å². The number of H-pyrrole nitrogens is 2. The van der Waals surface area contributed by atoms with E-state index in [2.05, 4.69) is 88.4 Å². The molecule has 3 aromatic heterocycles. The standard InChI is InChI=1S/C20H12Br2N4/c21-13-3-1-11-7-19(23-17(11)9-13)15-5-6-16(26-25-15)20-8-12-2-4-14(22)10-18(12)24-20/h1-10,23-24H. The predicted octanol–water partition coefficient (Wildman–Crippen LogP) is 6.30. The van der Waals surface area contributed by atoms with E-state index >= 15 is 0 Å². The molecule has 0 radical (unpaired) electrons. The van der Waals surface area contributed by atoms with Crippen molar-refractivity contribution in [2.24, 2.45) is 0 Å². The van der Waals surface area contributed by atoms with Crippen LogP contribution in [-0.4, -0.2) is 20.2 Å². The zero-order chi connectivity index (χ0) is 17.7. The van der Waals surface area contributed by atoms with Crippen LogP contribution < -0.4 is 0 Å². The molecule has 0 bridgehead atoms. The first kappa shape index (κ1) is 15.8. The number of aromatic amines is 2. The molecular weight excluding hydrogens is 456 g/mol. The van der Waals surface area contributed by atoms with Crippen LogP contribution in [0.2, 0.25) is 0 Å². The van der Waals surface area contributed by atoms with Crippen molar-refractivity contribution in [3.63, 3.8) is 0 Å². The maximum atomic E-state index is 4.41. The lowest BCUT2D eigenvalue weighted by Gasteiger charge is -1.99. The van der Waals surface area contributed by atoms with Gasteiger partial charge in [-0.05, 0) is 48.5 Å². The van der Waals surface area contributed by atoms with E-state index in [0.29, 0.717) is 0 Å². The second kappa shape index (κ2) is 6.07. The third-order valence-electron chi connectivity index (χ3n) is 4.39. The SMILES string of the molecule is Brc1ccc2cc(-c3ccc(-c4cc5ccc(Br)cc5[nH]4)nn3)[nH]c2c1. The third kappa shape index (κ3) is 2.75. The van der Waals surface area contributed by atoms with Crippen molar-refractivity contribution in [3.05, 3.63) is 69.6 Å². The number of rotatable bonds is 2. The smallest absolute Gasteiger partial charge is 0.109 e. The topological polar surface area (TPSA) is 57.4 Å². The Hall–Kier alpha value is -2.44. The summed E-state index contributed by atoms with van der Waals surface area (Å²) < 4.78 is 2.09. The molecule has 0 spiro atoms. The average Bonchev–Trinajstić information content (AvgIpc) is 3.25. The highest BCUT2D eigenvalue weighted by atomic mass is 79.9. The molecule has 0 aliphatic heterocycles. The van der Waals surface area contributed by atoms with Gasteiger partial charge in [-0.25, -0.2) is 0 Å². The summed E-state index contributed by atoms with van der Waals surface area (Å²) in [5.41, 5.74) is 5.69. The summed E-state index contributed by atoms with van der Waals surface area (Å²) in [6, 6.07) is 20.5. The normalized spacial score (nSPS) is 11.5. The van der Waals surface area contributed by atoms with Crippen LogP contribution in [0, 0.1) is 0 Å². The summed E-state index contributed by atoms with van der Waals surface area (Å²) in [7, 11) is 0. The van der Waals surface area contributed by atoms with Gasteiger partial charge in [0.25, 0.3) is 0 Å². The molecule has 3 heterocycles. The Morgan fingerprint density at radius 3 is 1.46 bits per heavy atom. The minimum absolute atomic E-state index is 0.819. The molecule has 5 rings (SSSR count). The van der Waals surface area contributed by atoms with Crippen molar-refractivity contribution in [1.82, 2.24) is 20.2 Å². The molecule has 4 nitrogen and oxygen atoms in total. The van der Waals surface area contributed by atoms with Gasteiger partial charge in [-0.1, -0.05) is 44.0 Å². The van der Waals surface area contributed by atoms with E-state index in [4.69, 9.17) is 0 Å². The fourth-order valence-corrected chi connectivity index (χ4v) is 3.82. The van der Waals surface area contributed by atoms with E-state index in [1.165, 1.54) is 0 Å². The van der Waals surface area contributed by atoms with Crippen molar-refractivity contribution in [1.29, 1.82) is 0 Å².